The number of amides is 1. The molecule has 0 saturated carbocycles. The van der Waals surface area contributed by atoms with Gasteiger partial charge in [0.2, 0.25) is 5.91 Å². The molecule has 0 bridgehead atoms. The Morgan fingerprint density at radius 3 is 2.52 bits per heavy atom. The number of carbonyl (C=O) groups is 1. The summed E-state index contributed by atoms with van der Waals surface area (Å²) in [6, 6.07) is 16.6. The quantitative estimate of drug-likeness (QED) is 0.592. The van der Waals surface area contributed by atoms with Crippen molar-refractivity contribution >= 4 is 23.0 Å². The second-order valence-electron chi connectivity index (χ2n) is 9.14. The highest BCUT2D eigenvalue weighted by atomic mass is 16.5. The number of piperidine rings is 1. The summed E-state index contributed by atoms with van der Waals surface area (Å²) in [5.41, 5.74) is 3.07. The Balaban J connectivity index is 1.19. The minimum Gasteiger partial charge on any atom is -0.492 e. The molecule has 0 unspecified atom stereocenters. The van der Waals surface area contributed by atoms with Crippen molar-refractivity contribution in [2.75, 3.05) is 31.1 Å². The Morgan fingerprint density at radius 2 is 1.84 bits per heavy atom. The van der Waals surface area contributed by atoms with Gasteiger partial charge in [0.1, 0.15) is 17.9 Å². The Hall–Kier alpha value is -3.02. The molecule has 1 saturated heterocycles. The van der Waals surface area contributed by atoms with Gasteiger partial charge in [0.25, 0.3) is 6.01 Å². The highest BCUT2D eigenvalue weighted by Crippen LogP contribution is 2.26. The Bertz CT molecular complexity index is 979. The highest BCUT2D eigenvalue weighted by molar-refractivity contribution is 5.79. The summed E-state index contributed by atoms with van der Waals surface area (Å²) < 4.78 is 11.6. The van der Waals surface area contributed by atoms with Crippen LogP contribution in [0.4, 0.5) is 6.01 Å². The molecule has 1 amide bonds. The van der Waals surface area contributed by atoms with Crippen LogP contribution in [0.2, 0.25) is 0 Å². The summed E-state index contributed by atoms with van der Waals surface area (Å²) >= 11 is 0. The van der Waals surface area contributed by atoms with E-state index in [-0.39, 0.29) is 17.2 Å². The lowest BCUT2D eigenvalue weighted by Crippen LogP contribution is -2.41. The molecule has 1 N–H and O–H groups in total. The van der Waals surface area contributed by atoms with Crippen molar-refractivity contribution in [3.63, 3.8) is 0 Å². The monoisotopic (exact) mass is 421 g/mol. The van der Waals surface area contributed by atoms with Crippen molar-refractivity contribution in [2.24, 2.45) is 5.92 Å². The molecule has 0 spiro atoms. The predicted molar refractivity (Wildman–Crippen MR) is 123 cm³/mol. The molecular formula is C25H31N3O3. The lowest BCUT2D eigenvalue weighted by Gasteiger charge is -2.30. The van der Waals surface area contributed by atoms with Crippen LogP contribution in [0, 0.1) is 5.92 Å². The van der Waals surface area contributed by atoms with Gasteiger partial charge in [0, 0.05) is 19.0 Å². The van der Waals surface area contributed by atoms with Crippen molar-refractivity contribution < 1.29 is 13.9 Å². The number of rotatable bonds is 6. The molecule has 1 aliphatic rings. The zero-order valence-electron chi connectivity index (χ0n) is 18.6. The number of nitrogens with one attached hydrogen (secondary N) is 1. The summed E-state index contributed by atoms with van der Waals surface area (Å²) in [6.07, 6.45) is 1.58. The average Bonchev–Trinajstić information content (AvgIpc) is 3.21. The molecule has 0 atom stereocenters. The number of oxazole rings is 1. The van der Waals surface area contributed by atoms with Crippen molar-refractivity contribution in [3.05, 3.63) is 54.1 Å². The number of nitrogens with zero attached hydrogens (tertiary/aromatic N) is 2. The van der Waals surface area contributed by atoms with Crippen molar-refractivity contribution in [1.82, 2.24) is 10.3 Å². The van der Waals surface area contributed by atoms with Crippen molar-refractivity contribution in [1.29, 1.82) is 0 Å². The second-order valence-corrected chi connectivity index (χ2v) is 9.14. The smallest absolute Gasteiger partial charge is 0.298 e. The molecule has 31 heavy (non-hydrogen) atoms. The van der Waals surface area contributed by atoms with Crippen LogP contribution in [0.15, 0.2) is 52.9 Å². The number of ether oxygens (including phenoxy) is 1. The maximum Gasteiger partial charge on any atom is 0.298 e. The SMILES string of the molecule is CC(C)(C)c1ccc(OCCNC(=O)C2CCN(c3nc4ccccc4o3)CC2)cc1. The molecule has 164 valence electrons. The van der Waals surface area contributed by atoms with Gasteiger partial charge in [-0.05, 0) is 48.1 Å². The molecule has 0 radical (unpaired) electrons. The van der Waals surface area contributed by atoms with E-state index in [0.29, 0.717) is 19.2 Å². The molecule has 4 rings (SSSR count). The first-order valence-electron chi connectivity index (χ1n) is 11.0. The van der Waals surface area contributed by atoms with Gasteiger partial charge < -0.3 is 19.4 Å². The van der Waals surface area contributed by atoms with Crippen LogP contribution >= 0.6 is 0 Å². The molecule has 3 aromatic rings. The minimum absolute atomic E-state index is 0.0201. The standard InChI is InChI=1S/C25H31N3O3/c1-25(2,3)19-8-10-20(11-9-19)30-17-14-26-23(29)18-12-15-28(16-13-18)24-27-21-6-4-5-7-22(21)31-24/h4-11,18H,12-17H2,1-3H3,(H,26,29). The van der Waals surface area contributed by atoms with Crippen LogP contribution in [-0.4, -0.2) is 37.1 Å². The van der Waals surface area contributed by atoms with Crippen LogP contribution in [0.25, 0.3) is 11.1 Å². The third-order valence-corrected chi connectivity index (χ3v) is 5.81. The van der Waals surface area contributed by atoms with Crippen LogP contribution in [0.3, 0.4) is 0 Å². The van der Waals surface area contributed by atoms with Gasteiger partial charge in [-0.15, -0.1) is 0 Å². The Labute approximate surface area is 183 Å². The van der Waals surface area contributed by atoms with E-state index in [1.54, 1.807) is 0 Å². The van der Waals surface area contributed by atoms with E-state index in [1.807, 2.05) is 36.4 Å². The lowest BCUT2D eigenvalue weighted by atomic mass is 9.87. The lowest BCUT2D eigenvalue weighted by molar-refractivity contribution is -0.125. The Kier molecular flexibility index (Phi) is 6.16. The predicted octanol–water partition coefficient (Wildman–Crippen LogP) is 4.54. The maximum absolute atomic E-state index is 12.5. The Morgan fingerprint density at radius 1 is 1.13 bits per heavy atom. The van der Waals surface area contributed by atoms with E-state index in [2.05, 4.69) is 48.1 Å². The molecule has 6 heteroatoms. The number of hydrogen-bond acceptors (Lipinski definition) is 5. The zero-order valence-corrected chi connectivity index (χ0v) is 18.6. The van der Waals surface area contributed by atoms with Gasteiger partial charge in [-0.3, -0.25) is 4.79 Å². The normalized spacial score (nSPS) is 15.3. The van der Waals surface area contributed by atoms with E-state index in [0.717, 1.165) is 42.8 Å². The topological polar surface area (TPSA) is 67.6 Å². The fourth-order valence-electron chi connectivity index (χ4n) is 3.87. The third kappa shape index (κ3) is 5.19. The van der Waals surface area contributed by atoms with Crippen molar-refractivity contribution in [3.8, 4) is 5.75 Å². The summed E-state index contributed by atoms with van der Waals surface area (Å²) in [6.45, 7) is 9.07. The number of anilines is 1. The number of benzene rings is 2. The van der Waals surface area contributed by atoms with Gasteiger partial charge in [-0.1, -0.05) is 45.0 Å². The number of hydrogen-bond donors (Lipinski definition) is 1. The summed E-state index contributed by atoms with van der Waals surface area (Å²) in [7, 11) is 0. The van der Waals surface area contributed by atoms with Gasteiger partial charge in [0.05, 0.1) is 6.54 Å². The van der Waals surface area contributed by atoms with E-state index in [4.69, 9.17) is 9.15 Å². The fourth-order valence-corrected chi connectivity index (χ4v) is 3.87. The van der Waals surface area contributed by atoms with E-state index in [1.165, 1.54) is 5.56 Å². The van der Waals surface area contributed by atoms with Crippen molar-refractivity contribution in [2.45, 2.75) is 39.0 Å². The van der Waals surface area contributed by atoms with Crippen LogP contribution in [0.5, 0.6) is 5.75 Å². The fraction of sp³-hybridized carbons (Fsp3) is 0.440. The molecular weight excluding hydrogens is 390 g/mol. The number of para-hydroxylation sites is 2. The van der Waals surface area contributed by atoms with Crippen LogP contribution in [-0.2, 0) is 10.2 Å². The molecule has 2 aromatic carbocycles. The molecule has 1 aliphatic heterocycles. The highest BCUT2D eigenvalue weighted by Gasteiger charge is 2.27. The maximum atomic E-state index is 12.5. The number of aromatic nitrogens is 1. The van der Waals surface area contributed by atoms with E-state index < -0.39 is 0 Å². The first-order valence-corrected chi connectivity index (χ1v) is 11.0. The zero-order chi connectivity index (χ0) is 21.8. The molecule has 0 aliphatic carbocycles. The first-order chi connectivity index (χ1) is 14.9. The average molecular weight is 422 g/mol. The second kappa shape index (κ2) is 9.00. The van der Waals surface area contributed by atoms with E-state index >= 15 is 0 Å². The van der Waals surface area contributed by atoms with Crippen LogP contribution in [0.1, 0.15) is 39.2 Å². The number of fused-ring (bicyclic) bond motifs is 1. The number of carbonyl (C=O) groups excluding carboxylic acids is 1. The summed E-state index contributed by atoms with van der Waals surface area (Å²) in [5, 5.41) is 3.01. The molecule has 1 fully saturated rings. The minimum atomic E-state index is 0.0201. The third-order valence-electron chi connectivity index (χ3n) is 5.81. The summed E-state index contributed by atoms with van der Waals surface area (Å²) in [4.78, 5) is 19.2. The largest absolute Gasteiger partial charge is 0.492 e. The molecule has 2 heterocycles. The molecule has 1 aromatic heterocycles. The van der Waals surface area contributed by atoms with Gasteiger partial charge >= 0.3 is 0 Å². The van der Waals surface area contributed by atoms with Gasteiger partial charge in [-0.2, -0.15) is 4.98 Å². The summed E-state index contributed by atoms with van der Waals surface area (Å²) in [5.74, 6) is 0.949. The van der Waals surface area contributed by atoms with Crippen LogP contribution < -0.4 is 15.0 Å². The molecule has 6 nitrogen and oxygen atoms in total. The first kappa shape index (κ1) is 21.2. The van der Waals surface area contributed by atoms with E-state index in [9.17, 15) is 4.79 Å². The van der Waals surface area contributed by atoms with Gasteiger partial charge in [-0.25, -0.2) is 0 Å². The van der Waals surface area contributed by atoms with Gasteiger partial charge in [0.15, 0.2) is 5.58 Å².